The average molecular weight is 603 g/mol. The fraction of sp³-hybridized carbons (Fsp3) is 0.531. The zero-order chi connectivity index (χ0) is 30.7. The Hall–Kier alpha value is -3.76. The molecule has 0 heterocycles. The van der Waals surface area contributed by atoms with Crippen molar-refractivity contribution in [2.75, 3.05) is 19.0 Å². The maximum absolute atomic E-state index is 15.0. The van der Waals surface area contributed by atoms with Gasteiger partial charge in [0.1, 0.15) is 5.75 Å². The quantitative estimate of drug-likeness (QED) is 0.321. The van der Waals surface area contributed by atoms with Gasteiger partial charge in [-0.2, -0.15) is 0 Å². The molecule has 2 N–H and O–H groups in total. The van der Waals surface area contributed by atoms with Crippen LogP contribution in [0.4, 0.5) is 18.9 Å². The Kier molecular flexibility index (Phi) is 9.46. The van der Waals surface area contributed by atoms with Gasteiger partial charge in [0.25, 0.3) is 12.3 Å². The number of anilines is 1. The summed E-state index contributed by atoms with van der Waals surface area (Å²) in [5.74, 6) is -2.27. The molecule has 11 heteroatoms. The van der Waals surface area contributed by atoms with E-state index in [1.54, 1.807) is 6.92 Å². The van der Waals surface area contributed by atoms with Gasteiger partial charge in [-0.3, -0.25) is 14.4 Å². The Morgan fingerprint density at radius 1 is 0.953 bits per heavy atom. The lowest BCUT2D eigenvalue weighted by molar-refractivity contribution is -0.149. The van der Waals surface area contributed by atoms with Crippen LogP contribution in [-0.4, -0.2) is 43.6 Å². The van der Waals surface area contributed by atoms with Crippen LogP contribution in [0.1, 0.15) is 74.2 Å². The molecule has 43 heavy (non-hydrogen) atoms. The summed E-state index contributed by atoms with van der Waals surface area (Å²) in [6.45, 7) is 2.08. The van der Waals surface area contributed by atoms with Crippen LogP contribution < -0.4 is 20.1 Å². The van der Waals surface area contributed by atoms with Gasteiger partial charge < -0.3 is 24.8 Å². The van der Waals surface area contributed by atoms with E-state index in [4.69, 9.17) is 14.2 Å². The minimum absolute atomic E-state index is 0.0386. The second-order valence-electron chi connectivity index (χ2n) is 11.6. The van der Waals surface area contributed by atoms with E-state index in [1.165, 1.54) is 37.4 Å². The molecule has 232 valence electrons. The smallest absolute Gasteiger partial charge is 0.308 e. The molecule has 0 aromatic heterocycles. The summed E-state index contributed by atoms with van der Waals surface area (Å²) < 4.78 is 57.2. The van der Waals surface area contributed by atoms with Crippen molar-refractivity contribution < 1.29 is 41.8 Å². The van der Waals surface area contributed by atoms with Crippen molar-refractivity contribution in [3.8, 4) is 11.5 Å². The number of benzene rings is 2. The molecule has 0 saturated heterocycles. The van der Waals surface area contributed by atoms with Gasteiger partial charge in [0.2, 0.25) is 5.91 Å². The van der Waals surface area contributed by atoms with Crippen molar-refractivity contribution in [3.05, 3.63) is 53.3 Å². The van der Waals surface area contributed by atoms with E-state index < -0.39 is 30.1 Å². The molecule has 4 atom stereocenters. The largest absolute Gasteiger partial charge is 0.496 e. The number of esters is 1. The lowest BCUT2D eigenvalue weighted by atomic mass is 9.83. The van der Waals surface area contributed by atoms with Crippen molar-refractivity contribution in [1.29, 1.82) is 0 Å². The van der Waals surface area contributed by atoms with Crippen LogP contribution in [0.2, 0.25) is 0 Å². The topological polar surface area (TPSA) is 103 Å². The van der Waals surface area contributed by atoms with Crippen LogP contribution in [0.25, 0.3) is 0 Å². The van der Waals surface area contributed by atoms with Crippen LogP contribution in [-0.2, 0) is 14.3 Å². The number of nitrogens with one attached hydrogen (secondary N) is 2. The molecule has 0 radical (unpaired) electrons. The predicted molar refractivity (Wildman–Crippen MR) is 152 cm³/mol. The third-order valence-corrected chi connectivity index (χ3v) is 9.03. The molecule has 3 fully saturated rings. The number of fused-ring (bicyclic) bond motifs is 2. The summed E-state index contributed by atoms with van der Waals surface area (Å²) in [4.78, 5) is 39.0. The van der Waals surface area contributed by atoms with Crippen molar-refractivity contribution >= 4 is 23.5 Å². The Morgan fingerprint density at radius 3 is 2.30 bits per heavy atom. The molecule has 3 saturated carbocycles. The fourth-order valence-corrected chi connectivity index (χ4v) is 6.87. The first kappa shape index (κ1) is 30.7. The van der Waals surface area contributed by atoms with Crippen molar-refractivity contribution in [3.63, 3.8) is 0 Å². The van der Waals surface area contributed by atoms with Crippen LogP contribution in [0.5, 0.6) is 11.5 Å². The van der Waals surface area contributed by atoms with E-state index in [0.29, 0.717) is 38.0 Å². The highest BCUT2D eigenvalue weighted by molar-refractivity contribution is 5.99. The molecule has 0 spiro atoms. The van der Waals surface area contributed by atoms with E-state index in [-0.39, 0.29) is 58.4 Å². The first-order valence-electron chi connectivity index (χ1n) is 14.9. The lowest BCUT2D eigenvalue weighted by Crippen LogP contribution is -2.48. The summed E-state index contributed by atoms with van der Waals surface area (Å²) in [6, 6.07) is 7.41. The van der Waals surface area contributed by atoms with Crippen LogP contribution >= 0.6 is 0 Å². The minimum Gasteiger partial charge on any atom is -0.496 e. The van der Waals surface area contributed by atoms with E-state index in [1.807, 2.05) is 0 Å². The van der Waals surface area contributed by atoms with Crippen molar-refractivity contribution in [2.24, 2.45) is 23.7 Å². The normalized spacial score (nSPS) is 26.2. The first-order chi connectivity index (χ1) is 20.7. The number of hydrogen-bond donors (Lipinski definition) is 2. The van der Waals surface area contributed by atoms with Gasteiger partial charge in [0.05, 0.1) is 37.2 Å². The van der Waals surface area contributed by atoms with E-state index in [2.05, 4.69) is 10.6 Å². The number of rotatable bonds is 10. The monoisotopic (exact) mass is 602 g/mol. The SMILES string of the molecule is CCOC(=O)[C@H]1CC[C@@H](Oc2cc(C(=O)N[C@@H]3[C@H]4CC[C@H](C4)[C@@H]3C(=O)Nc3ccc(C(F)F)cc3)c(OC)cc2F)CC1. The molecule has 3 aliphatic carbocycles. The third-order valence-electron chi connectivity index (χ3n) is 9.03. The predicted octanol–water partition coefficient (Wildman–Crippen LogP) is 6.06. The highest BCUT2D eigenvalue weighted by Gasteiger charge is 2.51. The molecule has 2 aromatic carbocycles. The fourth-order valence-electron chi connectivity index (χ4n) is 6.87. The number of ether oxygens (including phenoxy) is 3. The Morgan fingerprint density at radius 2 is 1.65 bits per heavy atom. The zero-order valence-corrected chi connectivity index (χ0v) is 24.2. The Bertz CT molecular complexity index is 1330. The maximum Gasteiger partial charge on any atom is 0.308 e. The van der Waals surface area contributed by atoms with Gasteiger partial charge in [-0.15, -0.1) is 0 Å². The summed E-state index contributed by atoms with van der Waals surface area (Å²) >= 11 is 0. The van der Waals surface area contributed by atoms with Crippen LogP contribution in [0, 0.1) is 29.5 Å². The molecule has 8 nitrogen and oxygen atoms in total. The number of hydrogen-bond acceptors (Lipinski definition) is 6. The number of methoxy groups -OCH3 is 1. The molecule has 3 aliphatic rings. The second kappa shape index (κ2) is 13.3. The van der Waals surface area contributed by atoms with Crippen molar-refractivity contribution in [2.45, 2.75) is 70.4 Å². The summed E-state index contributed by atoms with van der Waals surface area (Å²) in [5, 5.41) is 5.84. The molecule has 0 unspecified atom stereocenters. The van der Waals surface area contributed by atoms with Gasteiger partial charge >= 0.3 is 5.97 Å². The van der Waals surface area contributed by atoms with Gasteiger partial charge in [-0.1, -0.05) is 12.1 Å². The minimum atomic E-state index is -2.60. The summed E-state index contributed by atoms with van der Waals surface area (Å²) in [7, 11) is 1.34. The third kappa shape index (κ3) is 6.75. The number of alkyl halides is 2. The standard InChI is InChI=1S/C32H37F3N2O6/c1-3-42-32(40)18-8-12-22(13-9-18)43-26-15-23(25(41-2)16-24(26)33)30(38)37-28-20-5-4-19(14-20)27(28)31(39)36-21-10-6-17(7-11-21)29(34)35/h6-7,10-11,15-16,18-20,22,27-29H,3-5,8-9,12-14H2,1-2H3,(H,36,39)(H,37,38)/t18-,19-,20+,22+,27+,28-/m1/s1. The Labute approximate surface area is 248 Å². The molecule has 0 aliphatic heterocycles. The highest BCUT2D eigenvalue weighted by atomic mass is 19.3. The maximum atomic E-state index is 15.0. The van der Waals surface area contributed by atoms with Crippen LogP contribution in [0.3, 0.4) is 0 Å². The summed E-state index contributed by atoms with van der Waals surface area (Å²) in [5.41, 5.74) is 0.355. The molecular formula is C32H37F3N2O6. The van der Waals surface area contributed by atoms with Gasteiger partial charge in [-0.05, 0) is 81.9 Å². The van der Waals surface area contributed by atoms with Crippen molar-refractivity contribution in [1.82, 2.24) is 5.32 Å². The molecule has 2 aromatic rings. The second-order valence-corrected chi connectivity index (χ2v) is 11.6. The molecule has 5 rings (SSSR count). The number of halogens is 3. The molecule has 2 bridgehead atoms. The average Bonchev–Trinajstić information content (AvgIpc) is 3.61. The van der Waals surface area contributed by atoms with E-state index >= 15 is 4.39 Å². The summed E-state index contributed by atoms with van der Waals surface area (Å²) in [6.07, 6.45) is 1.82. The molecular weight excluding hydrogens is 565 g/mol. The Balaban J connectivity index is 1.27. The number of carbonyl (C=O) groups is 3. The van der Waals surface area contributed by atoms with Gasteiger partial charge in [-0.25, -0.2) is 13.2 Å². The van der Waals surface area contributed by atoms with E-state index in [0.717, 1.165) is 25.3 Å². The number of carbonyl (C=O) groups excluding carboxylic acids is 3. The highest BCUT2D eigenvalue weighted by Crippen LogP contribution is 2.49. The van der Waals surface area contributed by atoms with Gasteiger partial charge in [0.15, 0.2) is 11.6 Å². The lowest BCUT2D eigenvalue weighted by Gasteiger charge is -2.31. The van der Waals surface area contributed by atoms with E-state index in [9.17, 15) is 23.2 Å². The zero-order valence-electron chi connectivity index (χ0n) is 24.2. The van der Waals surface area contributed by atoms with Crippen LogP contribution in [0.15, 0.2) is 36.4 Å². The number of amides is 2. The van der Waals surface area contributed by atoms with Gasteiger partial charge in [0, 0.05) is 23.4 Å². The molecule has 2 amide bonds. The first-order valence-corrected chi connectivity index (χ1v) is 14.9.